The fraction of sp³-hybridized carbons (Fsp3) is 0.783. The molecule has 0 radical (unpaired) electrons. The maximum Gasteiger partial charge on any atom is 0.303 e. The third kappa shape index (κ3) is 4.45. The first-order chi connectivity index (χ1) is 13.5. The van der Waals surface area contributed by atoms with E-state index in [0.717, 1.165) is 44.1 Å². The summed E-state index contributed by atoms with van der Waals surface area (Å²) in [5.41, 5.74) is 0.744. The third-order valence-corrected chi connectivity index (χ3v) is 6.89. The lowest BCUT2D eigenvalue weighted by molar-refractivity contribution is -0.153. The molecular weight excluding hydrogens is 356 g/mol. The summed E-state index contributed by atoms with van der Waals surface area (Å²) in [6.07, 6.45) is 9.32. The molecule has 3 N–H and O–H groups in total. The highest BCUT2D eigenvalue weighted by atomic mass is 16.5. The summed E-state index contributed by atoms with van der Waals surface area (Å²) in [4.78, 5) is 10.8. The predicted molar refractivity (Wildman–Crippen MR) is 107 cm³/mol. The van der Waals surface area contributed by atoms with Crippen LogP contribution >= 0.6 is 0 Å². The van der Waals surface area contributed by atoms with Gasteiger partial charge in [-0.2, -0.15) is 0 Å². The number of carboxylic acid groups (broad SMARTS) is 1. The molecule has 5 nitrogen and oxygen atoms in total. The second-order valence-electron chi connectivity index (χ2n) is 8.56. The Bertz CT molecular complexity index is 639. The minimum absolute atomic E-state index is 0.110. The van der Waals surface area contributed by atoms with Gasteiger partial charge in [0.2, 0.25) is 0 Å². The highest BCUT2D eigenvalue weighted by molar-refractivity contribution is 5.66. The van der Waals surface area contributed by atoms with E-state index in [-0.39, 0.29) is 24.2 Å². The molecule has 3 aliphatic rings. The van der Waals surface area contributed by atoms with Crippen molar-refractivity contribution in [3.8, 4) is 11.8 Å². The van der Waals surface area contributed by atoms with E-state index in [0.29, 0.717) is 19.4 Å². The van der Waals surface area contributed by atoms with Gasteiger partial charge in [0.15, 0.2) is 0 Å². The average Bonchev–Trinajstić information content (AvgIpc) is 2.68. The van der Waals surface area contributed by atoms with Crippen LogP contribution in [0.15, 0.2) is 11.6 Å². The molecule has 0 unspecified atom stereocenters. The van der Waals surface area contributed by atoms with E-state index >= 15 is 0 Å². The van der Waals surface area contributed by atoms with Crippen LogP contribution < -0.4 is 0 Å². The van der Waals surface area contributed by atoms with E-state index in [2.05, 4.69) is 11.8 Å². The van der Waals surface area contributed by atoms with Crippen molar-refractivity contribution >= 4 is 5.97 Å². The largest absolute Gasteiger partial charge is 0.481 e. The molecule has 28 heavy (non-hydrogen) atoms. The number of hydrogen-bond donors (Lipinski definition) is 3. The van der Waals surface area contributed by atoms with Crippen LogP contribution in [0.25, 0.3) is 0 Å². The summed E-state index contributed by atoms with van der Waals surface area (Å²) in [7, 11) is 0. The third-order valence-electron chi connectivity index (χ3n) is 6.89. The van der Waals surface area contributed by atoms with Crippen LogP contribution in [-0.4, -0.2) is 45.7 Å². The Morgan fingerprint density at radius 1 is 1.32 bits per heavy atom. The zero-order chi connectivity index (χ0) is 20.1. The lowest BCUT2D eigenvalue weighted by Crippen LogP contribution is -2.60. The van der Waals surface area contributed by atoms with Gasteiger partial charge in [0.25, 0.3) is 0 Å². The number of aliphatic hydroxyl groups excluding tert-OH is 2. The minimum atomic E-state index is -0.794. The first-order valence-electron chi connectivity index (χ1n) is 10.9. The van der Waals surface area contributed by atoms with E-state index in [1.54, 1.807) is 0 Å². The summed E-state index contributed by atoms with van der Waals surface area (Å²) in [6.45, 7) is 2.55. The van der Waals surface area contributed by atoms with Crippen molar-refractivity contribution < 1.29 is 24.9 Å². The first kappa shape index (κ1) is 21.4. The average molecular weight is 391 g/mol. The maximum atomic E-state index is 10.8. The Labute approximate surface area is 168 Å². The number of rotatable bonds is 6. The molecular formula is C23H34O5. The second kappa shape index (κ2) is 9.43. The zero-order valence-corrected chi connectivity index (χ0v) is 16.9. The van der Waals surface area contributed by atoms with Gasteiger partial charge in [-0.15, -0.1) is 0 Å². The van der Waals surface area contributed by atoms with Crippen LogP contribution in [0.1, 0.15) is 71.1 Å². The Hall–Kier alpha value is -1.35. The van der Waals surface area contributed by atoms with E-state index < -0.39 is 23.8 Å². The van der Waals surface area contributed by atoms with Crippen molar-refractivity contribution in [3.63, 3.8) is 0 Å². The molecule has 0 saturated heterocycles. The highest BCUT2D eigenvalue weighted by Crippen LogP contribution is 2.57. The predicted octanol–water partition coefficient (Wildman–Crippen LogP) is 3.29. The first-order valence-corrected chi connectivity index (χ1v) is 10.9. The van der Waals surface area contributed by atoms with Crippen LogP contribution in [0.5, 0.6) is 0 Å². The SMILES string of the molecule is CCO[C@]12CC[C@@H](O)[C@H](C#C[C@@H](O)C3CCCCC3)[C@H]1CC2=CCCC(=O)O. The monoisotopic (exact) mass is 390 g/mol. The maximum absolute atomic E-state index is 10.8. The van der Waals surface area contributed by atoms with Gasteiger partial charge < -0.3 is 20.1 Å². The Kier molecular flexibility index (Phi) is 7.20. The number of fused-ring (bicyclic) bond motifs is 1. The van der Waals surface area contributed by atoms with Gasteiger partial charge in [-0.1, -0.05) is 37.2 Å². The molecule has 0 aromatic carbocycles. The summed E-state index contributed by atoms with van der Waals surface area (Å²) in [6, 6.07) is 0. The standard InChI is InChI=1S/C23H34O5/c1-2-28-23-14-13-21(25)18(11-12-20(24)16-7-4-3-5-8-16)19(23)15-17(23)9-6-10-22(26)27/h9,16,18-21,24-25H,2-8,10,13-15H2,1H3,(H,26,27)/t18-,19-,20-,21-,23+/m1/s1. The molecule has 0 heterocycles. The fourth-order valence-electron chi connectivity index (χ4n) is 5.36. The molecule has 5 atom stereocenters. The van der Waals surface area contributed by atoms with Gasteiger partial charge in [0.1, 0.15) is 6.10 Å². The number of aliphatic carboxylic acids is 1. The number of carbonyl (C=O) groups is 1. The Balaban J connectivity index is 1.72. The zero-order valence-electron chi connectivity index (χ0n) is 16.9. The van der Waals surface area contributed by atoms with E-state index in [4.69, 9.17) is 9.84 Å². The highest BCUT2D eigenvalue weighted by Gasteiger charge is 2.58. The Morgan fingerprint density at radius 3 is 2.75 bits per heavy atom. The molecule has 5 heteroatoms. The molecule has 3 rings (SSSR count). The molecule has 0 aliphatic heterocycles. The van der Waals surface area contributed by atoms with Crippen LogP contribution in [-0.2, 0) is 9.53 Å². The molecule has 3 aliphatic carbocycles. The summed E-state index contributed by atoms with van der Waals surface area (Å²) >= 11 is 0. The molecule has 0 aromatic rings. The molecule has 0 amide bonds. The molecule has 3 fully saturated rings. The van der Waals surface area contributed by atoms with E-state index in [1.165, 1.54) is 6.42 Å². The normalized spacial score (nSPS) is 35.4. The number of ether oxygens (including phenoxy) is 1. The van der Waals surface area contributed by atoms with Crippen molar-refractivity contribution in [1.29, 1.82) is 0 Å². The number of hydrogen-bond acceptors (Lipinski definition) is 4. The van der Waals surface area contributed by atoms with Crippen molar-refractivity contribution in [3.05, 3.63) is 11.6 Å². The van der Waals surface area contributed by atoms with Gasteiger partial charge in [0, 0.05) is 18.9 Å². The quantitative estimate of drug-likeness (QED) is 0.479. The molecule has 0 aromatic heterocycles. The van der Waals surface area contributed by atoms with Gasteiger partial charge in [-0.3, -0.25) is 4.79 Å². The molecule has 0 spiro atoms. The van der Waals surface area contributed by atoms with Gasteiger partial charge >= 0.3 is 5.97 Å². The molecule has 156 valence electrons. The van der Waals surface area contributed by atoms with Crippen LogP contribution in [0.4, 0.5) is 0 Å². The minimum Gasteiger partial charge on any atom is -0.481 e. The number of carboxylic acids is 1. The summed E-state index contributed by atoms with van der Waals surface area (Å²) < 4.78 is 6.18. The fourth-order valence-corrected chi connectivity index (χ4v) is 5.36. The van der Waals surface area contributed by atoms with Crippen molar-refractivity contribution in [2.45, 2.75) is 88.9 Å². The van der Waals surface area contributed by atoms with Crippen molar-refractivity contribution in [2.75, 3.05) is 6.61 Å². The molecule has 3 saturated carbocycles. The van der Waals surface area contributed by atoms with E-state index in [1.807, 2.05) is 13.0 Å². The van der Waals surface area contributed by atoms with Gasteiger partial charge in [-0.05, 0) is 56.9 Å². The van der Waals surface area contributed by atoms with Crippen LogP contribution in [0, 0.1) is 29.6 Å². The lowest BCUT2D eigenvalue weighted by Gasteiger charge is -2.57. The van der Waals surface area contributed by atoms with Gasteiger partial charge in [-0.25, -0.2) is 0 Å². The number of aliphatic hydroxyl groups is 2. The summed E-state index contributed by atoms with van der Waals surface area (Å²) in [5, 5.41) is 30.0. The smallest absolute Gasteiger partial charge is 0.303 e. The van der Waals surface area contributed by atoms with Crippen LogP contribution in [0.2, 0.25) is 0 Å². The van der Waals surface area contributed by atoms with E-state index in [9.17, 15) is 15.0 Å². The summed E-state index contributed by atoms with van der Waals surface area (Å²) in [5.74, 6) is 5.66. The Morgan fingerprint density at radius 2 is 2.07 bits per heavy atom. The second-order valence-corrected chi connectivity index (χ2v) is 8.56. The van der Waals surface area contributed by atoms with Crippen molar-refractivity contribution in [2.24, 2.45) is 17.8 Å². The molecule has 0 bridgehead atoms. The lowest BCUT2D eigenvalue weighted by atomic mass is 9.53. The van der Waals surface area contributed by atoms with Crippen molar-refractivity contribution in [1.82, 2.24) is 0 Å². The van der Waals surface area contributed by atoms with Gasteiger partial charge in [0.05, 0.1) is 17.6 Å². The van der Waals surface area contributed by atoms with Crippen LogP contribution in [0.3, 0.4) is 0 Å². The topological polar surface area (TPSA) is 87.0 Å². The number of allylic oxidation sites excluding steroid dienone is 1.